The van der Waals surface area contributed by atoms with E-state index in [4.69, 9.17) is 24.0 Å². The summed E-state index contributed by atoms with van der Waals surface area (Å²) in [4.78, 5) is 0. The van der Waals surface area contributed by atoms with Crippen LogP contribution < -0.4 is 4.74 Å². The van der Waals surface area contributed by atoms with Gasteiger partial charge in [0.2, 0.25) is 0 Å². The van der Waals surface area contributed by atoms with E-state index in [0.29, 0.717) is 36.9 Å². The molecule has 7 heteroatoms. The predicted octanol–water partition coefficient (Wildman–Crippen LogP) is 4.53. The summed E-state index contributed by atoms with van der Waals surface area (Å²) in [6.45, 7) is 5.77. The first kappa shape index (κ1) is 19.2. The van der Waals surface area contributed by atoms with Crippen LogP contribution in [0, 0.1) is 20.3 Å². The minimum Gasteiger partial charge on any atom is -0.457 e. The van der Waals surface area contributed by atoms with Crippen molar-refractivity contribution in [3.63, 3.8) is 0 Å². The summed E-state index contributed by atoms with van der Waals surface area (Å²) in [6, 6.07) is 14.9. The fraction of sp³-hybridized carbons (Fsp3) is 0.316. The second kappa shape index (κ2) is 8.40. The lowest BCUT2D eigenvalue weighted by molar-refractivity contribution is -0.0214. The molecule has 0 aromatic heterocycles. The number of hydrogen-bond donors (Lipinski definition) is 0. The molecule has 0 atom stereocenters. The number of rotatable bonds is 5. The smallest absolute Gasteiger partial charge is 0.457 e. The van der Waals surface area contributed by atoms with Crippen LogP contribution in [0.5, 0.6) is 11.5 Å². The minimum atomic E-state index is -0.637. The highest BCUT2D eigenvalue weighted by atomic mass is 127. The Morgan fingerprint density at radius 1 is 1.12 bits per heavy atom. The topological polar surface area (TPSA) is 60.7 Å². The average molecular weight is 463 g/mol. The molecule has 5 nitrogen and oxygen atoms in total. The van der Waals surface area contributed by atoms with Gasteiger partial charge in [-0.3, -0.25) is 0 Å². The molecule has 3 rings (SSSR count). The normalized spacial score (nSPS) is 16.2. The van der Waals surface area contributed by atoms with Crippen molar-refractivity contribution < 1.29 is 18.7 Å². The fourth-order valence-corrected chi connectivity index (χ4v) is 2.88. The molecule has 0 bridgehead atoms. The highest BCUT2D eigenvalue weighted by molar-refractivity contribution is 14.1. The van der Waals surface area contributed by atoms with Crippen LogP contribution in [0.25, 0.3) is 0 Å². The molecule has 26 heavy (non-hydrogen) atoms. The third kappa shape index (κ3) is 5.21. The number of halogens is 1. The molecule has 134 valence electrons. The van der Waals surface area contributed by atoms with Gasteiger partial charge < -0.3 is 18.7 Å². The summed E-state index contributed by atoms with van der Waals surface area (Å²) in [6.07, 6.45) is 0. The van der Waals surface area contributed by atoms with Crippen LogP contribution in [0.1, 0.15) is 25.0 Å². The molecule has 1 saturated heterocycles. The maximum Gasteiger partial charge on any atom is 0.639 e. The molecule has 2 aromatic carbocycles. The Labute approximate surface area is 167 Å². The van der Waals surface area contributed by atoms with E-state index in [-0.39, 0.29) is 5.41 Å². The van der Waals surface area contributed by atoms with Crippen LogP contribution in [-0.4, -0.2) is 20.5 Å². The Morgan fingerprint density at radius 2 is 1.77 bits per heavy atom. The summed E-state index contributed by atoms with van der Waals surface area (Å²) in [7, 11) is -0.637. The van der Waals surface area contributed by atoms with Gasteiger partial charge in [0, 0.05) is 22.2 Å². The lowest BCUT2D eigenvalue weighted by atomic mass is 9.93. The van der Waals surface area contributed by atoms with Crippen molar-refractivity contribution in [1.29, 1.82) is 5.26 Å². The van der Waals surface area contributed by atoms with Crippen molar-refractivity contribution >= 4 is 29.9 Å². The summed E-state index contributed by atoms with van der Waals surface area (Å²) in [5, 5.41) is 8.85. The van der Waals surface area contributed by atoms with Gasteiger partial charge in [-0.2, -0.15) is 5.26 Å². The van der Waals surface area contributed by atoms with Gasteiger partial charge in [-0.15, -0.1) is 0 Å². The first-order valence-corrected chi connectivity index (χ1v) is 9.34. The molecule has 0 N–H and O–H groups in total. The molecule has 0 saturated carbocycles. The number of benzene rings is 2. The van der Waals surface area contributed by atoms with Crippen molar-refractivity contribution in [2.45, 2.75) is 20.5 Å². The molecule has 1 fully saturated rings. The van der Waals surface area contributed by atoms with Crippen LogP contribution in [0.15, 0.2) is 42.5 Å². The van der Waals surface area contributed by atoms with E-state index in [1.54, 1.807) is 24.3 Å². The third-order valence-electron chi connectivity index (χ3n) is 3.83. The standard InChI is InChI=1S/C19H19BINO4/c1-19(2)12-24-20(25-13-19)23-11-15-9-17(7-8-18(15)21)26-16-5-3-14(10-22)4-6-16/h3-9H,11-13H2,1-2H3. The Morgan fingerprint density at radius 3 is 2.42 bits per heavy atom. The van der Waals surface area contributed by atoms with Gasteiger partial charge in [-0.05, 0) is 70.6 Å². The number of hydrogen-bond acceptors (Lipinski definition) is 5. The first-order valence-electron chi connectivity index (χ1n) is 8.26. The molecular formula is C19H19BINO4. The lowest BCUT2D eigenvalue weighted by Crippen LogP contribution is -2.42. The van der Waals surface area contributed by atoms with Crippen molar-refractivity contribution in [2.75, 3.05) is 13.2 Å². The molecular weight excluding hydrogens is 444 g/mol. The van der Waals surface area contributed by atoms with Crippen LogP contribution in [0.2, 0.25) is 0 Å². The second-order valence-corrected chi connectivity index (χ2v) is 8.04. The molecule has 1 heterocycles. The van der Waals surface area contributed by atoms with Gasteiger partial charge in [-0.25, -0.2) is 0 Å². The lowest BCUT2D eigenvalue weighted by Gasteiger charge is -2.32. The molecule has 0 spiro atoms. The number of ether oxygens (including phenoxy) is 1. The summed E-state index contributed by atoms with van der Waals surface area (Å²) < 4.78 is 23.9. The quantitative estimate of drug-likeness (QED) is 0.482. The van der Waals surface area contributed by atoms with E-state index in [0.717, 1.165) is 9.13 Å². The Bertz CT molecular complexity index is 794. The van der Waals surface area contributed by atoms with E-state index in [1.807, 2.05) is 18.2 Å². The van der Waals surface area contributed by atoms with Gasteiger partial charge in [0.25, 0.3) is 0 Å². The largest absolute Gasteiger partial charge is 0.639 e. The SMILES string of the molecule is CC1(C)COB(OCc2cc(Oc3ccc(C#N)cc3)ccc2I)OC1. The van der Waals surface area contributed by atoms with E-state index < -0.39 is 7.32 Å². The fourth-order valence-electron chi connectivity index (χ4n) is 2.39. The molecule has 0 radical (unpaired) electrons. The molecule has 1 aliphatic rings. The first-order chi connectivity index (χ1) is 12.4. The maximum atomic E-state index is 8.85. The number of nitrogens with zero attached hydrogens (tertiary/aromatic N) is 1. The molecule has 0 aliphatic carbocycles. The molecule has 1 aliphatic heterocycles. The van der Waals surface area contributed by atoms with Gasteiger partial charge in [0.1, 0.15) is 11.5 Å². The van der Waals surface area contributed by atoms with Crippen molar-refractivity contribution in [3.8, 4) is 17.6 Å². The molecule has 0 unspecified atom stereocenters. The number of nitriles is 1. The van der Waals surface area contributed by atoms with Crippen molar-refractivity contribution in [3.05, 3.63) is 57.2 Å². The minimum absolute atomic E-state index is 0.0170. The third-order valence-corrected chi connectivity index (χ3v) is 4.88. The van der Waals surface area contributed by atoms with Gasteiger partial charge >= 0.3 is 7.32 Å². The summed E-state index contributed by atoms with van der Waals surface area (Å²) in [5.74, 6) is 1.39. The van der Waals surface area contributed by atoms with E-state index in [2.05, 4.69) is 42.5 Å². The zero-order valence-electron chi connectivity index (χ0n) is 14.7. The Hall–Kier alpha value is -1.60. The summed E-state index contributed by atoms with van der Waals surface area (Å²) >= 11 is 2.26. The highest BCUT2D eigenvalue weighted by Gasteiger charge is 2.34. The zero-order valence-corrected chi connectivity index (χ0v) is 16.9. The van der Waals surface area contributed by atoms with E-state index in [9.17, 15) is 0 Å². The van der Waals surface area contributed by atoms with Gasteiger partial charge in [0.05, 0.1) is 18.2 Å². The van der Waals surface area contributed by atoms with Crippen LogP contribution in [0.3, 0.4) is 0 Å². The van der Waals surface area contributed by atoms with Crippen molar-refractivity contribution in [1.82, 2.24) is 0 Å². The van der Waals surface area contributed by atoms with E-state index >= 15 is 0 Å². The predicted molar refractivity (Wildman–Crippen MR) is 107 cm³/mol. The van der Waals surface area contributed by atoms with Crippen LogP contribution >= 0.6 is 22.6 Å². The average Bonchev–Trinajstić information content (AvgIpc) is 2.64. The Balaban J connectivity index is 1.61. The zero-order chi connectivity index (χ0) is 18.6. The molecule has 0 amide bonds. The monoisotopic (exact) mass is 463 g/mol. The van der Waals surface area contributed by atoms with Crippen LogP contribution in [0.4, 0.5) is 0 Å². The van der Waals surface area contributed by atoms with E-state index in [1.165, 1.54) is 0 Å². The van der Waals surface area contributed by atoms with Crippen LogP contribution in [-0.2, 0) is 20.6 Å². The van der Waals surface area contributed by atoms with Crippen molar-refractivity contribution in [2.24, 2.45) is 5.41 Å². The van der Waals surface area contributed by atoms with Gasteiger partial charge in [0.15, 0.2) is 0 Å². The molecule has 2 aromatic rings. The maximum absolute atomic E-state index is 8.85. The highest BCUT2D eigenvalue weighted by Crippen LogP contribution is 2.27. The second-order valence-electron chi connectivity index (χ2n) is 6.88. The summed E-state index contributed by atoms with van der Waals surface area (Å²) in [5.41, 5.74) is 1.61. The Kier molecular flexibility index (Phi) is 6.19. The van der Waals surface area contributed by atoms with Gasteiger partial charge in [-0.1, -0.05) is 13.8 Å².